The summed E-state index contributed by atoms with van der Waals surface area (Å²) in [4.78, 5) is 38.0. The van der Waals surface area contributed by atoms with Crippen LogP contribution in [0.25, 0.3) is 15.9 Å². The molecule has 4 rings (SSSR count). The van der Waals surface area contributed by atoms with Crippen molar-refractivity contribution in [3.8, 4) is 5.69 Å². The summed E-state index contributed by atoms with van der Waals surface area (Å²) in [6.07, 6.45) is 0. The van der Waals surface area contributed by atoms with Crippen LogP contribution in [0.3, 0.4) is 0 Å². The lowest BCUT2D eigenvalue weighted by atomic mass is 10.2. The highest BCUT2D eigenvalue weighted by molar-refractivity contribution is 7.20. The summed E-state index contributed by atoms with van der Waals surface area (Å²) in [5.74, 6) is -1.35. The molecule has 8 nitrogen and oxygen atoms in total. The van der Waals surface area contributed by atoms with E-state index in [1.807, 2.05) is 26.0 Å². The molecular weight excluding hydrogens is 476 g/mol. The van der Waals surface area contributed by atoms with Gasteiger partial charge in [0.25, 0.3) is 11.8 Å². The molecule has 0 spiro atoms. The maximum absolute atomic E-state index is 12.6. The minimum absolute atomic E-state index is 0.235. The van der Waals surface area contributed by atoms with Crippen LogP contribution in [0.2, 0.25) is 5.02 Å². The number of nitrogens with zero attached hydrogens (tertiary/aromatic N) is 2. The van der Waals surface area contributed by atoms with Gasteiger partial charge in [-0.1, -0.05) is 23.7 Å². The number of halogens is 1. The summed E-state index contributed by atoms with van der Waals surface area (Å²) in [5, 5.41) is 11.3. The Bertz CT molecular complexity index is 1390. The van der Waals surface area contributed by atoms with E-state index >= 15 is 0 Å². The second-order valence-corrected chi connectivity index (χ2v) is 8.84. The number of ether oxygens (including phenoxy) is 1. The molecule has 2 amide bonds. The topological polar surface area (TPSA) is 102 Å². The Morgan fingerprint density at radius 1 is 1.12 bits per heavy atom. The van der Waals surface area contributed by atoms with Crippen LogP contribution in [0.15, 0.2) is 54.6 Å². The molecule has 0 saturated carbocycles. The number of aryl methyl sites for hydroxylation is 1. The Kier molecular flexibility index (Phi) is 6.95. The van der Waals surface area contributed by atoms with Crippen molar-refractivity contribution in [2.45, 2.75) is 13.8 Å². The lowest BCUT2D eigenvalue weighted by molar-refractivity contribution is -0.119. The summed E-state index contributed by atoms with van der Waals surface area (Å²) < 4.78 is 6.94. The van der Waals surface area contributed by atoms with Gasteiger partial charge in [-0.3, -0.25) is 9.59 Å². The third kappa shape index (κ3) is 5.11. The standard InChI is InChI=1S/C24H21ClN4O4S/c1-3-26-22(31)15-6-4-8-17(10-15)27-21(30)13-33-24(32)20-12-19-14(2)28-29(23(19)34-20)18-9-5-7-16(25)11-18/h4-12H,3,13H2,1-2H3,(H,26,31)(H,27,30). The molecule has 0 fully saturated rings. The van der Waals surface area contributed by atoms with Crippen molar-refractivity contribution in [2.75, 3.05) is 18.5 Å². The van der Waals surface area contributed by atoms with Gasteiger partial charge in [-0.05, 0) is 56.3 Å². The second kappa shape index (κ2) is 10.1. The quantitative estimate of drug-likeness (QED) is 0.364. The largest absolute Gasteiger partial charge is 0.451 e. The number of carbonyl (C=O) groups is 3. The lowest BCUT2D eigenvalue weighted by Gasteiger charge is -2.08. The molecule has 0 aliphatic carbocycles. The van der Waals surface area contributed by atoms with Crippen molar-refractivity contribution in [2.24, 2.45) is 0 Å². The summed E-state index contributed by atoms with van der Waals surface area (Å²) in [7, 11) is 0. The molecule has 0 bridgehead atoms. The van der Waals surface area contributed by atoms with Crippen LogP contribution in [-0.2, 0) is 9.53 Å². The first kappa shape index (κ1) is 23.5. The minimum atomic E-state index is -0.607. The number of carbonyl (C=O) groups excluding carboxylic acids is 3. The van der Waals surface area contributed by atoms with E-state index in [0.29, 0.717) is 27.7 Å². The van der Waals surface area contributed by atoms with Gasteiger partial charge >= 0.3 is 5.97 Å². The molecular formula is C24H21ClN4O4S. The number of anilines is 1. The molecule has 0 aliphatic heterocycles. The number of hydrogen-bond donors (Lipinski definition) is 2. The van der Waals surface area contributed by atoms with Gasteiger partial charge in [0.2, 0.25) is 0 Å². The molecule has 0 saturated heterocycles. The number of fused-ring (bicyclic) bond motifs is 1. The number of aromatic nitrogens is 2. The van der Waals surface area contributed by atoms with Crippen LogP contribution in [0.4, 0.5) is 5.69 Å². The Labute approximate surface area is 204 Å². The molecule has 0 unspecified atom stereocenters. The van der Waals surface area contributed by atoms with Gasteiger partial charge in [-0.25, -0.2) is 9.48 Å². The normalized spacial score (nSPS) is 10.8. The molecule has 2 aromatic carbocycles. The third-order valence-corrected chi connectivity index (χ3v) is 6.20. The lowest BCUT2D eigenvalue weighted by Crippen LogP contribution is -2.23. The van der Waals surface area contributed by atoms with Crippen LogP contribution >= 0.6 is 22.9 Å². The molecule has 0 atom stereocenters. The summed E-state index contributed by atoms with van der Waals surface area (Å²) in [6, 6.07) is 15.5. The van der Waals surface area contributed by atoms with E-state index in [-0.39, 0.29) is 5.91 Å². The first-order valence-electron chi connectivity index (χ1n) is 10.5. The molecule has 2 aromatic heterocycles. The van der Waals surface area contributed by atoms with Crippen molar-refractivity contribution < 1.29 is 19.1 Å². The van der Waals surface area contributed by atoms with Crippen LogP contribution in [-0.4, -0.2) is 40.7 Å². The van der Waals surface area contributed by atoms with Crippen molar-refractivity contribution in [1.82, 2.24) is 15.1 Å². The van der Waals surface area contributed by atoms with Gasteiger partial charge in [0.15, 0.2) is 6.61 Å². The van der Waals surface area contributed by atoms with E-state index in [4.69, 9.17) is 16.3 Å². The average Bonchev–Trinajstić information content (AvgIpc) is 3.38. The molecule has 0 aliphatic rings. The highest BCUT2D eigenvalue weighted by Crippen LogP contribution is 2.31. The Balaban J connectivity index is 1.43. The smallest absolute Gasteiger partial charge is 0.348 e. The zero-order chi connectivity index (χ0) is 24.2. The number of rotatable bonds is 7. The van der Waals surface area contributed by atoms with Gasteiger partial charge in [0.1, 0.15) is 9.71 Å². The first-order chi connectivity index (χ1) is 16.4. The minimum Gasteiger partial charge on any atom is -0.451 e. The Morgan fingerprint density at radius 3 is 2.68 bits per heavy atom. The van der Waals surface area contributed by atoms with E-state index in [9.17, 15) is 14.4 Å². The SMILES string of the molecule is CCNC(=O)c1cccc(NC(=O)COC(=O)c2cc3c(C)nn(-c4cccc(Cl)c4)c3s2)c1. The van der Waals surface area contributed by atoms with Gasteiger partial charge in [-0.15, -0.1) is 11.3 Å². The second-order valence-electron chi connectivity index (χ2n) is 7.37. The number of benzene rings is 2. The molecule has 2 N–H and O–H groups in total. The Morgan fingerprint density at radius 2 is 1.91 bits per heavy atom. The van der Waals surface area contributed by atoms with Crippen molar-refractivity contribution in [3.63, 3.8) is 0 Å². The van der Waals surface area contributed by atoms with E-state index < -0.39 is 18.5 Å². The predicted molar refractivity (Wildman–Crippen MR) is 132 cm³/mol. The number of esters is 1. The van der Waals surface area contributed by atoms with Gasteiger partial charge in [0.05, 0.1) is 11.4 Å². The van der Waals surface area contributed by atoms with E-state index in [1.54, 1.807) is 47.1 Å². The Hall–Kier alpha value is -3.69. The average molecular weight is 497 g/mol. The summed E-state index contributed by atoms with van der Waals surface area (Å²) in [6.45, 7) is 3.72. The van der Waals surface area contributed by atoms with Gasteiger partial charge in [-0.2, -0.15) is 5.10 Å². The van der Waals surface area contributed by atoms with Crippen molar-refractivity contribution in [3.05, 3.63) is 75.8 Å². The van der Waals surface area contributed by atoms with Crippen LogP contribution in [0, 0.1) is 6.92 Å². The van der Waals surface area contributed by atoms with Crippen LogP contribution < -0.4 is 10.6 Å². The van der Waals surface area contributed by atoms with Crippen molar-refractivity contribution in [1.29, 1.82) is 0 Å². The van der Waals surface area contributed by atoms with Gasteiger partial charge in [0, 0.05) is 28.2 Å². The fourth-order valence-corrected chi connectivity index (χ4v) is 4.59. The highest BCUT2D eigenvalue weighted by atomic mass is 35.5. The number of amides is 2. The zero-order valence-electron chi connectivity index (χ0n) is 18.4. The maximum atomic E-state index is 12.6. The number of nitrogens with one attached hydrogen (secondary N) is 2. The molecule has 34 heavy (non-hydrogen) atoms. The molecule has 4 aromatic rings. The fraction of sp³-hybridized carbons (Fsp3) is 0.167. The monoisotopic (exact) mass is 496 g/mol. The first-order valence-corrected chi connectivity index (χ1v) is 11.7. The maximum Gasteiger partial charge on any atom is 0.348 e. The van der Waals surface area contributed by atoms with Gasteiger partial charge < -0.3 is 15.4 Å². The zero-order valence-corrected chi connectivity index (χ0v) is 20.0. The molecule has 10 heteroatoms. The van der Waals surface area contributed by atoms with E-state index in [0.717, 1.165) is 21.6 Å². The molecule has 0 radical (unpaired) electrons. The van der Waals surface area contributed by atoms with Crippen LogP contribution in [0.5, 0.6) is 0 Å². The number of thiophene rings is 1. The highest BCUT2D eigenvalue weighted by Gasteiger charge is 2.19. The fourth-order valence-electron chi connectivity index (χ4n) is 3.33. The number of hydrogen-bond acceptors (Lipinski definition) is 6. The van der Waals surface area contributed by atoms with Crippen LogP contribution in [0.1, 0.15) is 32.6 Å². The molecule has 2 heterocycles. The summed E-state index contributed by atoms with van der Waals surface area (Å²) >= 11 is 7.33. The van der Waals surface area contributed by atoms with Crippen molar-refractivity contribution >= 4 is 56.6 Å². The summed E-state index contributed by atoms with van der Waals surface area (Å²) in [5.41, 5.74) is 2.39. The molecule has 174 valence electrons. The van der Waals surface area contributed by atoms with E-state index in [2.05, 4.69) is 15.7 Å². The third-order valence-electron chi connectivity index (χ3n) is 4.88. The van der Waals surface area contributed by atoms with E-state index in [1.165, 1.54) is 11.3 Å². The predicted octanol–water partition coefficient (Wildman–Crippen LogP) is 4.59.